The summed E-state index contributed by atoms with van der Waals surface area (Å²) in [5.41, 5.74) is 4.85. The number of carbonyl (C=O) groups is 2. The van der Waals surface area contributed by atoms with Crippen molar-refractivity contribution in [3.8, 4) is 0 Å². The molecule has 4 heteroatoms. The van der Waals surface area contributed by atoms with Crippen molar-refractivity contribution in [3.63, 3.8) is 0 Å². The van der Waals surface area contributed by atoms with E-state index in [1.54, 1.807) is 7.05 Å². The number of amides is 2. The summed E-state index contributed by atoms with van der Waals surface area (Å²) in [5, 5.41) is 0. The third-order valence-corrected chi connectivity index (χ3v) is 0.959. The van der Waals surface area contributed by atoms with Crippen molar-refractivity contribution in [2.45, 2.75) is 6.42 Å². The molecule has 0 aliphatic rings. The molecule has 0 fully saturated rings. The number of aldehydes is 1. The third kappa shape index (κ3) is 3.52. The molecule has 0 aliphatic carbocycles. The first-order valence-electron chi connectivity index (χ1n) is 2.62. The summed E-state index contributed by atoms with van der Waals surface area (Å²) in [7, 11) is 1.55. The Labute approximate surface area is 53.6 Å². The van der Waals surface area contributed by atoms with E-state index in [0.29, 0.717) is 13.0 Å². The average Bonchev–Trinajstić information content (AvgIpc) is 1.82. The molecule has 2 N–H and O–H groups in total. The lowest BCUT2D eigenvalue weighted by atomic mass is 10.4. The van der Waals surface area contributed by atoms with Crippen LogP contribution >= 0.6 is 0 Å². The second-order valence-electron chi connectivity index (χ2n) is 1.72. The number of hydrogen-bond acceptors (Lipinski definition) is 2. The van der Waals surface area contributed by atoms with Crippen LogP contribution < -0.4 is 5.73 Å². The Bertz CT molecular complexity index is 114. The maximum atomic E-state index is 10.2. The molecule has 9 heavy (non-hydrogen) atoms. The van der Waals surface area contributed by atoms with Gasteiger partial charge in [-0.15, -0.1) is 0 Å². The Balaban J connectivity index is 3.37. The van der Waals surface area contributed by atoms with E-state index in [2.05, 4.69) is 0 Å². The van der Waals surface area contributed by atoms with Crippen molar-refractivity contribution < 1.29 is 9.59 Å². The molecule has 0 spiro atoms. The lowest BCUT2D eigenvalue weighted by Crippen LogP contribution is -2.32. The number of urea groups is 1. The highest BCUT2D eigenvalue weighted by atomic mass is 16.2. The molecule has 2 amide bonds. The highest BCUT2D eigenvalue weighted by Gasteiger charge is 1.99. The summed E-state index contributed by atoms with van der Waals surface area (Å²) in [6, 6.07) is -0.503. The summed E-state index contributed by atoms with van der Waals surface area (Å²) in [5.74, 6) is 0. The smallest absolute Gasteiger partial charge is 0.314 e. The van der Waals surface area contributed by atoms with Crippen LogP contribution in [-0.4, -0.2) is 30.8 Å². The van der Waals surface area contributed by atoms with Gasteiger partial charge in [0.25, 0.3) is 0 Å². The molecule has 0 saturated heterocycles. The standard InChI is InChI=1S/C5H10N2O2/c1-7(5(6)9)3-2-4-8/h4H,2-3H2,1H3,(H2,6,9). The zero-order valence-corrected chi connectivity index (χ0v) is 5.33. The monoisotopic (exact) mass is 130 g/mol. The molecule has 0 aromatic carbocycles. The van der Waals surface area contributed by atoms with Gasteiger partial charge in [-0.25, -0.2) is 4.79 Å². The van der Waals surface area contributed by atoms with Gasteiger partial charge in [0.2, 0.25) is 0 Å². The van der Waals surface area contributed by atoms with Crippen molar-refractivity contribution in [1.82, 2.24) is 4.90 Å². The van der Waals surface area contributed by atoms with Gasteiger partial charge in [-0.1, -0.05) is 0 Å². The Morgan fingerprint density at radius 3 is 2.67 bits per heavy atom. The van der Waals surface area contributed by atoms with Gasteiger partial charge in [0, 0.05) is 20.0 Å². The van der Waals surface area contributed by atoms with E-state index < -0.39 is 6.03 Å². The van der Waals surface area contributed by atoms with Crippen LogP contribution in [0.5, 0.6) is 0 Å². The molecule has 0 aromatic rings. The second-order valence-corrected chi connectivity index (χ2v) is 1.72. The topological polar surface area (TPSA) is 63.4 Å². The highest BCUT2D eigenvalue weighted by Crippen LogP contribution is 1.81. The third-order valence-electron chi connectivity index (χ3n) is 0.959. The maximum absolute atomic E-state index is 10.2. The van der Waals surface area contributed by atoms with Crippen LogP contribution in [0.4, 0.5) is 4.79 Å². The summed E-state index contributed by atoms with van der Waals surface area (Å²) in [6.45, 7) is 0.402. The first-order chi connectivity index (χ1) is 4.18. The van der Waals surface area contributed by atoms with E-state index >= 15 is 0 Å². The summed E-state index contributed by atoms with van der Waals surface area (Å²) in [6.07, 6.45) is 1.10. The van der Waals surface area contributed by atoms with Crippen molar-refractivity contribution in [2.24, 2.45) is 5.73 Å². The minimum absolute atomic E-state index is 0.347. The zero-order chi connectivity index (χ0) is 7.28. The van der Waals surface area contributed by atoms with Gasteiger partial charge < -0.3 is 15.4 Å². The number of hydrogen-bond donors (Lipinski definition) is 1. The van der Waals surface area contributed by atoms with Crippen molar-refractivity contribution in [3.05, 3.63) is 0 Å². The van der Waals surface area contributed by atoms with Crippen LogP contribution in [0.1, 0.15) is 6.42 Å². The highest BCUT2D eigenvalue weighted by molar-refractivity contribution is 5.71. The molecule has 0 aliphatic heterocycles. The van der Waals surface area contributed by atoms with Gasteiger partial charge in [-0.05, 0) is 0 Å². The number of primary amides is 1. The minimum atomic E-state index is -0.503. The molecule has 52 valence electrons. The molecule has 4 nitrogen and oxygen atoms in total. The molecule has 0 heterocycles. The van der Waals surface area contributed by atoms with Gasteiger partial charge in [-0.2, -0.15) is 0 Å². The lowest BCUT2D eigenvalue weighted by Gasteiger charge is -2.10. The first kappa shape index (κ1) is 7.94. The van der Waals surface area contributed by atoms with E-state index in [0.717, 1.165) is 6.29 Å². The van der Waals surface area contributed by atoms with E-state index in [4.69, 9.17) is 5.73 Å². The Kier molecular flexibility index (Phi) is 3.43. The quantitative estimate of drug-likeness (QED) is 0.527. The number of nitrogens with two attached hydrogens (primary N) is 1. The lowest BCUT2D eigenvalue weighted by molar-refractivity contribution is -0.107. The second kappa shape index (κ2) is 3.88. The molecule has 0 aromatic heterocycles. The average molecular weight is 130 g/mol. The summed E-state index contributed by atoms with van der Waals surface area (Å²) in [4.78, 5) is 21.3. The van der Waals surface area contributed by atoms with Crippen molar-refractivity contribution >= 4 is 12.3 Å². The van der Waals surface area contributed by atoms with Crippen molar-refractivity contribution in [1.29, 1.82) is 0 Å². The normalized spacial score (nSPS) is 8.56. The Morgan fingerprint density at radius 1 is 1.78 bits per heavy atom. The molecular formula is C5H10N2O2. The fourth-order valence-corrected chi connectivity index (χ4v) is 0.357. The molecule has 0 rings (SSSR count). The van der Waals surface area contributed by atoms with Crippen LogP contribution in [0.15, 0.2) is 0 Å². The molecular weight excluding hydrogens is 120 g/mol. The van der Waals surface area contributed by atoms with Crippen LogP contribution in [0, 0.1) is 0 Å². The van der Waals surface area contributed by atoms with Crippen LogP contribution in [-0.2, 0) is 4.79 Å². The van der Waals surface area contributed by atoms with E-state index in [1.165, 1.54) is 4.90 Å². The van der Waals surface area contributed by atoms with Gasteiger partial charge in [0.1, 0.15) is 6.29 Å². The van der Waals surface area contributed by atoms with E-state index in [9.17, 15) is 9.59 Å². The Morgan fingerprint density at radius 2 is 2.33 bits per heavy atom. The van der Waals surface area contributed by atoms with Gasteiger partial charge in [0.15, 0.2) is 0 Å². The van der Waals surface area contributed by atoms with Crippen LogP contribution in [0.25, 0.3) is 0 Å². The first-order valence-corrected chi connectivity index (χ1v) is 2.62. The maximum Gasteiger partial charge on any atom is 0.314 e. The number of carbonyl (C=O) groups excluding carboxylic acids is 2. The van der Waals surface area contributed by atoms with Crippen LogP contribution in [0.2, 0.25) is 0 Å². The predicted octanol–water partition coefficient (Wildman–Crippen LogP) is -0.414. The zero-order valence-electron chi connectivity index (χ0n) is 5.33. The molecule has 0 unspecified atom stereocenters. The molecule has 0 bridgehead atoms. The number of rotatable bonds is 3. The van der Waals surface area contributed by atoms with Crippen LogP contribution in [0.3, 0.4) is 0 Å². The molecule has 0 saturated carbocycles. The largest absolute Gasteiger partial charge is 0.351 e. The van der Waals surface area contributed by atoms with E-state index in [-0.39, 0.29) is 0 Å². The fourth-order valence-electron chi connectivity index (χ4n) is 0.357. The fraction of sp³-hybridized carbons (Fsp3) is 0.600. The predicted molar refractivity (Wildman–Crippen MR) is 32.9 cm³/mol. The summed E-state index contributed by atoms with van der Waals surface area (Å²) < 4.78 is 0. The Hall–Kier alpha value is -1.06. The van der Waals surface area contributed by atoms with Crippen molar-refractivity contribution in [2.75, 3.05) is 13.6 Å². The van der Waals surface area contributed by atoms with Gasteiger partial charge in [-0.3, -0.25) is 0 Å². The SMILES string of the molecule is CN(CCC=O)C(N)=O. The van der Waals surface area contributed by atoms with E-state index in [1.807, 2.05) is 0 Å². The number of nitrogens with zero attached hydrogens (tertiary/aromatic N) is 1. The molecule has 0 atom stereocenters. The van der Waals surface area contributed by atoms with Gasteiger partial charge >= 0.3 is 6.03 Å². The molecule has 0 radical (unpaired) electrons. The summed E-state index contributed by atoms with van der Waals surface area (Å²) >= 11 is 0. The van der Waals surface area contributed by atoms with Gasteiger partial charge in [0.05, 0.1) is 0 Å². The minimum Gasteiger partial charge on any atom is -0.351 e.